The third kappa shape index (κ3) is 2.33. The smallest absolute Gasteiger partial charge is 0.167 e. The van der Waals surface area contributed by atoms with E-state index in [2.05, 4.69) is 4.98 Å². The molecule has 0 atom stereocenters. The molecule has 78 valence electrons. The van der Waals surface area contributed by atoms with Crippen LogP contribution >= 0.6 is 11.3 Å². The van der Waals surface area contributed by atoms with Crippen LogP contribution < -0.4 is 4.74 Å². The summed E-state index contributed by atoms with van der Waals surface area (Å²) in [6, 6.07) is 5.12. The minimum absolute atomic E-state index is 0.290. The highest BCUT2D eigenvalue weighted by molar-refractivity contribution is 7.09. The first-order valence-electron chi connectivity index (χ1n) is 4.52. The summed E-state index contributed by atoms with van der Waals surface area (Å²) in [5.41, 5.74) is 2.32. The van der Waals surface area contributed by atoms with Crippen LogP contribution in [0.4, 0.5) is 4.39 Å². The first-order valence-corrected chi connectivity index (χ1v) is 5.40. The number of hydrogen-bond acceptors (Lipinski definition) is 3. The molecule has 2 rings (SSSR count). The zero-order chi connectivity index (χ0) is 10.7. The van der Waals surface area contributed by atoms with Gasteiger partial charge in [0, 0.05) is 6.20 Å². The van der Waals surface area contributed by atoms with Gasteiger partial charge in [-0.2, -0.15) is 0 Å². The van der Waals surface area contributed by atoms with Gasteiger partial charge in [0.05, 0.1) is 10.4 Å². The molecule has 2 aromatic rings. The van der Waals surface area contributed by atoms with Gasteiger partial charge >= 0.3 is 0 Å². The molecule has 0 fully saturated rings. The van der Waals surface area contributed by atoms with Crippen molar-refractivity contribution in [2.75, 3.05) is 0 Å². The van der Waals surface area contributed by atoms with Crippen molar-refractivity contribution in [1.82, 2.24) is 4.98 Å². The third-order valence-corrected chi connectivity index (χ3v) is 2.76. The molecule has 0 aliphatic carbocycles. The number of hydrogen-bond donors (Lipinski definition) is 0. The molecule has 1 aromatic carbocycles. The molecule has 0 aliphatic heterocycles. The Morgan fingerprint density at radius 1 is 1.47 bits per heavy atom. The van der Waals surface area contributed by atoms with E-state index in [1.54, 1.807) is 36.8 Å². The topological polar surface area (TPSA) is 22.1 Å². The van der Waals surface area contributed by atoms with Crippen LogP contribution in [0.3, 0.4) is 0 Å². The summed E-state index contributed by atoms with van der Waals surface area (Å²) < 4.78 is 18.9. The fourth-order valence-corrected chi connectivity index (χ4v) is 1.70. The second kappa shape index (κ2) is 4.40. The molecule has 0 N–H and O–H groups in total. The Balaban J connectivity index is 2.08. The monoisotopic (exact) mass is 223 g/mol. The van der Waals surface area contributed by atoms with Crippen LogP contribution in [0.5, 0.6) is 5.75 Å². The van der Waals surface area contributed by atoms with Crippen molar-refractivity contribution in [3.8, 4) is 5.75 Å². The zero-order valence-corrected chi connectivity index (χ0v) is 9.05. The van der Waals surface area contributed by atoms with Crippen LogP contribution in [-0.2, 0) is 6.61 Å². The number of ether oxygens (including phenoxy) is 1. The predicted octanol–water partition coefficient (Wildman–Crippen LogP) is 3.17. The normalized spacial score (nSPS) is 10.3. The third-order valence-electron chi connectivity index (χ3n) is 2.01. The van der Waals surface area contributed by atoms with Crippen molar-refractivity contribution >= 4 is 11.3 Å². The van der Waals surface area contributed by atoms with E-state index in [9.17, 15) is 4.39 Å². The summed E-state index contributed by atoms with van der Waals surface area (Å²) >= 11 is 1.49. The molecule has 2 nitrogen and oxygen atoms in total. The van der Waals surface area contributed by atoms with Crippen molar-refractivity contribution in [1.29, 1.82) is 0 Å². The second-order valence-corrected chi connectivity index (χ2v) is 4.11. The zero-order valence-electron chi connectivity index (χ0n) is 8.24. The van der Waals surface area contributed by atoms with Crippen molar-refractivity contribution in [2.45, 2.75) is 13.5 Å². The summed E-state index contributed by atoms with van der Waals surface area (Å²) in [6.45, 7) is 2.08. The van der Waals surface area contributed by atoms with E-state index < -0.39 is 0 Å². The number of halogens is 1. The summed E-state index contributed by atoms with van der Waals surface area (Å²) in [6.07, 6.45) is 1.72. The molecule has 0 unspecified atom stereocenters. The maximum atomic E-state index is 13.5. The van der Waals surface area contributed by atoms with Crippen LogP contribution in [0.1, 0.15) is 10.4 Å². The van der Waals surface area contributed by atoms with Gasteiger partial charge in [0.15, 0.2) is 11.6 Å². The highest BCUT2D eigenvalue weighted by Gasteiger charge is 2.05. The lowest BCUT2D eigenvalue weighted by Crippen LogP contribution is -1.96. The minimum atomic E-state index is -0.290. The van der Waals surface area contributed by atoms with Crippen LogP contribution in [-0.4, -0.2) is 4.98 Å². The van der Waals surface area contributed by atoms with Gasteiger partial charge in [-0.05, 0) is 18.6 Å². The van der Waals surface area contributed by atoms with E-state index in [1.807, 2.05) is 0 Å². The number of thiazole rings is 1. The lowest BCUT2D eigenvalue weighted by molar-refractivity contribution is 0.292. The van der Waals surface area contributed by atoms with Crippen LogP contribution in [0.15, 0.2) is 29.9 Å². The first-order chi connectivity index (χ1) is 7.27. The van der Waals surface area contributed by atoms with E-state index in [4.69, 9.17) is 4.74 Å². The van der Waals surface area contributed by atoms with E-state index in [0.717, 1.165) is 4.88 Å². The van der Waals surface area contributed by atoms with Crippen LogP contribution in [0.25, 0.3) is 0 Å². The lowest BCUT2D eigenvalue weighted by Gasteiger charge is -2.06. The van der Waals surface area contributed by atoms with Crippen molar-refractivity contribution < 1.29 is 9.13 Å². The Morgan fingerprint density at radius 2 is 2.33 bits per heavy atom. The number of aryl methyl sites for hydroxylation is 1. The van der Waals surface area contributed by atoms with Gasteiger partial charge in [-0.15, -0.1) is 11.3 Å². The fraction of sp³-hybridized carbons (Fsp3) is 0.182. The fourth-order valence-electron chi connectivity index (χ4n) is 1.19. The Morgan fingerprint density at radius 3 is 3.07 bits per heavy atom. The van der Waals surface area contributed by atoms with Gasteiger partial charge < -0.3 is 4.74 Å². The van der Waals surface area contributed by atoms with Crippen LogP contribution in [0.2, 0.25) is 0 Å². The predicted molar refractivity (Wildman–Crippen MR) is 57.6 cm³/mol. The average Bonchev–Trinajstić information content (AvgIpc) is 2.73. The van der Waals surface area contributed by atoms with Crippen molar-refractivity contribution in [3.63, 3.8) is 0 Å². The van der Waals surface area contributed by atoms with Gasteiger partial charge in [0.2, 0.25) is 0 Å². The first kappa shape index (κ1) is 10.1. The summed E-state index contributed by atoms with van der Waals surface area (Å²) in [5, 5.41) is 0. The molecule has 15 heavy (non-hydrogen) atoms. The van der Waals surface area contributed by atoms with Gasteiger partial charge in [-0.25, -0.2) is 4.39 Å². The molecular formula is C11H10FNOS. The summed E-state index contributed by atoms with van der Waals surface area (Å²) in [4.78, 5) is 4.90. The minimum Gasteiger partial charge on any atom is -0.485 e. The highest BCUT2D eigenvalue weighted by atomic mass is 32.1. The van der Waals surface area contributed by atoms with Gasteiger partial charge in [0.25, 0.3) is 0 Å². The molecule has 0 amide bonds. The van der Waals surface area contributed by atoms with Gasteiger partial charge in [0.1, 0.15) is 6.61 Å². The van der Waals surface area contributed by atoms with E-state index in [-0.39, 0.29) is 5.82 Å². The molecule has 0 saturated heterocycles. The molecule has 1 aromatic heterocycles. The lowest BCUT2D eigenvalue weighted by atomic mass is 10.2. The quantitative estimate of drug-likeness (QED) is 0.797. The molecule has 4 heteroatoms. The maximum Gasteiger partial charge on any atom is 0.167 e. The van der Waals surface area contributed by atoms with Crippen LogP contribution in [0, 0.1) is 12.7 Å². The Labute approximate surface area is 91.4 Å². The van der Waals surface area contributed by atoms with E-state index >= 15 is 0 Å². The maximum absolute atomic E-state index is 13.5. The standard InChI is InChI=1S/C11H10FNOS/c1-8-3-2-4-10(11(8)12)14-6-9-5-13-7-15-9/h2-5,7H,6H2,1H3. The molecule has 0 spiro atoms. The number of rotatable bonds is 3. The van der Waals surface area contributed by atoms with E-state index in [0.29, 0.717) is 17.9 Å². The molecule has 0 radical (unpaired) electrons. The highest BCUT2D eigenvalue weighted by Crippen LogP contribution is 2.21. The van der Waals surface area contributed by atoms with Gasteiger partial charge in [-0.1, -0.05) is 12.1 Å². The molecule has 0 aliphatic rings. The average molecular weight is 223 g/mol. The largest absolute Gasteiger partial charge is 0.485 e. The molecular weight excluding hydrogens is 213 g/mol. The van der Waals surface area contributed by atoms with Crippen molar-refractivity contribution in [3.05, 3.63) is 46.2 Å². The SMILES string of the molecule is Cc1cccc(OCc2cncs2)c1F. The summed E-state index contributed by atoms with van der Waals surface area (Å²) in [7, 11) is 0. The van der Waals surface area contributed by atoms with Crippen molar-refractivity contribution in [2.24, 2.45) is 0 Å². The molecule has 1 heterocycles. The second-order valence-electron chi connectivity index (χ2n) is 3.14. The Kier molecular flexibility index (Phi) is 2.97. The summed E-state index contributed by atoms with van der Waals surface area (Å²) in [5.74, 6) is 0.00501. The Hall–Kier alpha value is -1.42. The van der Waals surface area contributed by atoms with E-state index in [1.165, 1.54) is 11.3 Å². The van der Waals surface area contributed by atoms with Gasteiger partial charge in [-0.3, -0.25) is 4.98 Å². The number of benzene rings is 1. The number of aromatic nitrogens is 1. The molecule has 0 bridgehead atoms. The number of nitrogens with zero attached hydrogens (tertiary/aromatic N) is 1. The molecule has 0 saturated carbocycles. The Bertz CT molecular complexity index is 442.